The molecule has 0 spiro atoms. The molecule has 0 aliphatic rings. The van der Waals surface area contributed by atoms with Gasteiger partial charge in [0.05, 0.1) is 6.61 Å². The van der Waals surface area contributed by atoms with E-state index in [2.05, 4.69) is 5.32 Å². The molecular weight excluding hydrogens is 342 g/mol. The predicted molar refractivity (Wildman–Crippen MR) is 97.3 cm³/mol. The fourth-order valence-electron chi connectivity index (χ4n) is 2.20. The smallest absolute Gasteiger partial charge is 0.320 e. The standard InChI is InChI=1S/C19H22ClNO4/c1-3-24-18-10-14(11-21-13(2)19(22)23)7-8-17(18)25-12-15-5-4-6-16(20)9-15/h4-10,13,21H,3,11-12H2,1-2H3,(H,22,23). The van der Waals surface area contributed by atoms with Crippen LogP contribution in [0.3, 0.4) is 0 Å². The normalized spacial score (nSPS) is 11.8. The first kappa shape index (κ1) is 19.1. The van der Waals surface area contributed by atoms with E-state index in [9.17, 15) is 4.79 Å². The number of benzene rings is 2. The molecule has 1 unspecified atom stereocenters. The highest BCUT2D eigenvalue weighted by molar-refractivity contribution is 6.30. The van der Waals surface area contributed by atoms with Crippen LogP contribution < -0.4 is 14.8 Å². The predicted octanol–water partition coefficient (Wildman–Crippen LogP) is 3.88. The average Bonchev–Trinajstić information content (AvgIpc) is 2.59. The lowest BCUT2D eigenvalue weighted by molar-refractivity contribution is -0.139. The van der Waals surface area contributed by atoms with E-state index in [1.165, 1.54) is 0 Å². The van der Waals surface area contributed by atoms with E-state index in [4.69, 9.17) is 26.2 Å². The first-order valence-electron chi connectivity index (χ1n) is 8.08. The van der Waals surface area contributed by atoms with E-state index in [1.807, 2.05) is 49.4 Å². The molecule has 1 atom stereocenters. The third-order valence-corrected chi connectivity index (χ3v) is 3.81. The van der Waals surface area contributed by atoms with Crippen molar-refractivity contribution in [2.75, 3.05) is 6.61 Å². The summed E-state index contributed by atoms with van der Waals surface area (Å²) in [6.45, 7) is 4.83. The van der Waals surface area contributed by atoms with Crippen molar-refractivity contribution in [1.29, 1.82) is 0 Å². The molecular formula is C19H22ClNO4. The third-order valence-electron chi connectivity index (χ3n) is 3.57. The van der Waals surface area contributed by atoms with Crippen molar-refractivity contribution in [3.8, 4) is 11.5 Å². The number of rotatable bonds is 9. The van der Waals surface area contributed by atoms with Crippen LogP contribution in [0.1, 0.15) is 25.0 Å². The Morgan fingerprint density at radius 2 is 1.96 bits per heavy atom. The number of carboxylic acid groups (broad SMARTS) is 1. The molecule has 0 heterocycles. The number of hydrogen-bond donors (Lipinski definition) is 2. The van der Waals surface area contributed by atoms with Crippen LogP contribution in [0, 0.1) is 0 Å². The van der Waals surface area contributed by atoms with E-state index < -0.39 is 12.0 Å². The number of halogens is 1. The zero-order valence-corrected chi connectivity index (χ0v) is 15.0. The van der Waals surface area contributed by atoms with Crippen LogP contribution in [0.25, 0.3) is 0 Å². The molecule has 0 fully saturated rings. The third kappa shape index (κ3) is 5.96. The molecule has 25 heavy (non-hydrogen) atoms. The lowest BCUT2D eigenvalue weighted by atomic mass is 10.2. The maximum Gasteiger partial charge on any atom is 0.320 e. The second-order valence-electron chi connectivity index (χ2n) is 5.57. The van der Waals surface area contributed by atoms with Gasteiger partial charge in [-0.25, -0.2) is 0 Å². The van der Waals surface area contributed by atoms with Gasteiger partial charge in [-0.1, -0.05) is 29.8 Å². The van der Waals surface area contributed by atoms with Crippen LogP contribution in [0.5, 0.6) is 11.5 Å². The van der Waals surface area contributed by atoms with Gasteiger partial charge >= 0.3 is 5.97 Å². The Labute approximate surface area is 152 Å². The quantitative estimate of drug-likeness (QED) is 0.707. The minimum Gasteiger partial charge on any atom is -0.490 e. The summed E-state index contributed by atoms with van der Waals surface area (Å²) in [7, 11) is 0. The Morgan fingerprint density at radius 1 is 1.16 bits per heavy atom. The molecule has 134 valence electrons. The van der Waals surface area contributed by atoms with E-state index in [-0.39, 0.29) is 0 Å². The highest BCUT2D eigenvalue weighted by Gasteiger charge is 2.11. The van der Waals surface area contributed by atoms with Crippen LogP contribution in [-0.4, -0.2) is 23.7 Å². The van der Waals surface area contributed by atoms with Crippen molar-refractivity contribution < 1.29 is 19.4 Å². The number of nitrogens with one attached hydrogen (secondary N) is 1. The minimum absolute atomic E-state index is 0.383. The molecule has 0 saturated carbocycles. The molecule has 0 saturated heterocycles. The van der Waals surface area contributed by atoms with Crippen molar-refractivity contribution in [3.63, 3.8) is 0 Å². The molecule has 0 amide bonds. The Bertz CT molecular complexity index is 720. The van der Waals surface area contributed by atoms with Crippen molar-refractivity contribution in [1.82, 2.24) is 5.32 Å². The monoisotopic (exact) mass is 363 g/mol. The SMILES string of the molecule is CCOc1cc(CNC(C)C(=O)O)ccc1OCc1cccc(Cl)c1. The summed E-state index contributed by atoms with van der Waals surface area (Å²) in [6.07, 6.45) is 0. The summed E-state index contributed by atoms with van der Waals surface area (Å²) < 4.78 is 11.5. The van der Waals surface area contributed by atoms with Crippen LogP contribution in [0.4, 0.5) is 0 Å². The Balaban J connectivity index is 2.05. The molecule has 2 aromatic rings. The largest absolute Gasteiger partial charge is 0.490 e. The van der Waals surface area contributed by atoms with Gasteiger partial charge in [0.15, 0.2) is 11.5 Å². The van der Waals surface area contributed by atoms with Gasteiger partial charge < -0.3 is 19.9 Å². The molecule has 0 aromatic heterocycles. The molecule has 0 aliphatic carbocycles. The fraction of sp³-hybridized carbons (Fsp3) is 0.316. The topological polar surface area (TPSA) is 67.8 Å². The van der Waals surface area contributed by atoms with Crippen LogP contribution in [0.2, 0.25) is 5.02 Å². The van der Waals surface area contributed by atoms with Crippen LogP contribution in [-0.2, 0) is 17.9 Å². The fourth-order valence-corrected chi connectivity index (χ4v) is 2.41. The zero-order valence-electron chi connectivity index (χ0n) is 14.3. The van der Waals surface area contributed by atoms with Crippen molar-refractivity contribution in [2.24, 2.45) is 0 Å². The minimum atomic E-state index is -0.883. The molecule has 6 heteroatoms. The highest BCUT2D eigenvalue weighted by Crippen LogP contribution is 2.29. The average molecular weight is 364 g/mol. The van der Waals surface area contributed by atoms with Gasteiger partial charge in [-0.2, -0.15) is 0 Å². The van der Waals surface area contributed by atoms with Gasteiger partial charge in [0, 0.05) is 11.6 Å². The summed E-state index contributed by atoms with van der Waals surface area (Å²) in [4.78, 5) is 10.9. The van der Waals surface area contributed by atoms with Crippen LogP contribution >= 0.6 is 11.6 Å². The highest BCUT2D eigenvalue weighted by atomic mass is 35.5. The summed E-state index contributed by atoms with van der Waals surface area (Å²) >= 11 is 5.98. The van der Waals surface area contributed by atoms with E-state index in [0.29, 0.717) is 36.3 Å². The lowest BCUT2D eigenvalue weighted by Crippen LogP contribution is -2.33. The van der Waals surface area contributed by atoms with E-state index >= 15 is 0 Å². The van der Waals surface area contributed by atoms with Crippen molar-refractivity contribution in [2.45, 2.75) is 33.0 Å². The van der Waals surface area contributed by atoms with Gasteiger partial charge in [-0.15, -0.1) is 0 Å². The summed E-state index contributed by atoms with van der Waals surface area (Å²) in [5.74, 6) is 0.384. The molecule has 2 rings (SSSR count). The van der Waals surface area contributed by atoms with Gasteiger partial charge in [-0.3, -0.25) is 4.79 Å². The van der Waals surface area contributed by atoms with Crippen molar-refractivity contribution >= 4 is 17.6 Å². The van der Waals surface area contributed by atoms with Gasteiger partial charge in [0.2, 0.25) is 0 Å². The van der Waals surface area contributed by atoms with Gasteiger partial charge in [-0.05, 0) is 49.2 Å². The zero-order chi connectivity index (χ0) is 18.2. The Kier molecular flexibility index (Phi) is 7.10. The molecule has 0 bridgehead atoms. The van der Waals surface area contributed by atoms with Crippen molar-refractivity contribution in [3.05, 3.63) is 58.6 Å². The Hall–Kier alpha value is -2.24. The number of carboxylic acids is 1. The van der Waals surface area contributed by atoms with Gasteiger partial charge in [0.25, 0.3) is 0 Å². The van der Waals surface area contributed by atoms with E-state index in [1.54, 1.807) is 6.92 Å². The van der Waals surface area contributed by atoms with E-state index in [0.717, 1.165) is 11.1 Å². The molecule has 5 nitrogen and oxygen atoms in total. The maximum absolute atomic E-state index is 10.9. The number of aliphatic carboxylic acids is 1. The molecule has 0 aliphatic heterocycles. The molecule has 2 N–H and O–H groups in total. The summed E-state index contributed by atoms with van der Waals surface area (Å²) in [5.41, 5.74) is 1.89. The van der Waals surface area contributed by atoms with Crippen LogP contribution in [0.15, 0.2) is 42.5 Å². The first-order valence-corrected chi connectivity index (χ1v) is 8.46. The Morgan fingerprint density at radius 3 is 2.64 bits per heavy atom. The second kappa shape index (κ2) is 9.30. The summed E-state index contributed by atoms with van der Waals surface area (Å²) in [5, 5.41) is 12.5. The molecule has 2 aromatic carbocycles. The summed E-state index contributed by atoms with van der Waals surface area (Å²) in [6, 6.07) is 12.5. The lowest BCUT2D eigenvalue weighted by Gasteiger charge is -2.15. The molecule has 0 radical (unpaired) electrons. The maximum atomic E-state index is 10.9. The first-order chi connectivity index (χ1) is 12.0. The second-order valence-corrected chi connectivity index (χ2v) is 6.01. The van der Waals surface area contributed by atoms with Gasteiger partial charge in [0.1, 0.15) is 12.6 Å². The number of ether oxygens (including phenoxy) is 2. The number of hydrogen-bond acceptors (Lipinski definition) is 4. The number of carbonyl (C=O) groups is 1.